The molecular formula is C45H64N4O12. The fourth-order valence-electron chi connectivity index (χ4n) is 8.31. The van der Waals surface area contributed by atoms with Gasteiger partial charge in [-0.05, 0) is 87.9 Å². The van der Waals surface area contributed by atoms with Crippen LogP contribution >= 0.6 is 0 Å². The molecule has 2 aromatic rings. The molecule has 3 aliphatic heterocycles. The molecule has 1 aromatic heterocycles. The molecule has 1 N–H and O–H groups in total. The van der Waals surface area contributed by atoms with Crippen molar-refractivity contribution >= 4 is 36.0 Å². The van der Waals surface area contributed by atoms with Gasteiger partial charge in [-0.2, -0.15) is 0 Å². The monoisotopic (exact) mass is 852 g/mol. The van der Waals surface area contributed by atoms with Crippen LogP contribution in [0, 0.1) is 12.3 Å². The smallest absolute Gasteiger partial charge is 0.410 e. The topological polar surface area (TPSA) is 185 Å². The molecule has 0 radical (unpaired) electrons. The zero-order valence-electron chi connectivity index (χ0n) is 37.4. The highest BCUT2D eigenvalue weighted by Gasteiger charge is 2.54. The Bertz CT molecular complexity index is 1910. The molecule has 0 aliphatic carbocycles. The first-order chi connectivity index (χ1) is 28.7. The maximum atomic E-state index is 12.6. The van der Waals surface area contributed by atoms with E-state index in [9.17, 15) is 24.0 Å². The van der Waals surface area contributed by atoms with Gasteiger partial charge in [-0.1, -0.05) is 44.2 Å². The van der Waals surface area contributed by atoms with Gasteiger partial charge < -0.3 is 43.0 Å². The summed E-state index contributed by atoms with van der Waals surface area (Å²) in [4.78, 5) is 65.7. The van der Waals surface area contributed by atoms with E-state index < -0.39 is 60.2 Å². The number of piperidine rings is 1. The highest BCUT2D eigenvalue weighted by atomic mass is 16.7. The molecule has 1 spiro atoms. The van der Waals surface area contributed by atoms with E-state index in [0.717, 1.165) is 100 Å². The number of likely N-dealkylation sites (tertiary alicyclic amines) is 2. The average molecular weight is 853 g/mol. The summed E-state index contributed by atoms with van der Waals surface area (Å²) in [5.74, 6) is -2.62. The van der Waals surface area contributed by atoms with Gasteiger partial charge in [0.2, 0.25) is 18.3 Å². The minimum Gasteiger partial charge on any atom is -0.463 e. The lowest BCUT2D eigenvalue weighted by molar-refractivity contribution is -0.289. The highest BCUT2D eigenvalue weighted by molar-refractivity contribution is 5.69. The fraction of sp³-hybridized carbons (Fsp3) is 0.644. The Morgan fingerprint density at radius 2 is 1.56 bits per heavy atom. The van der Waals surface area contributed by atoms with E-state index in [1.54, 1.807) is 0 Å². The number of hydrogen-bond donors (Lipinski definition) is 1. The summed E-state index contributed by atoms with van der Waals surface area (Å²) in [5, 5.41) is 7.58. The second kappa shape index (κ2) is 20.3. The summed E-state index contributed by atoms with van der Waals surface area (Å²) < 4.78 is 40.1. The van der Waals surface area contributed by atoms with Gasteiger partial charge >= 0.3 is 30.0 Å². The van der Waals surface area contributed by atoms with E-state index in [1.165, 1.54) is 13.8 Å². The number of hydrogen-bond acceptors (Lipinski definition) is 14. The molecule has 336 valence electrons. The van der Waals surface area contributed by atoms with Crippen molar-refractivity contribution in [3.8, 4) is 5.88 Å². The molecule has 61 heavy (non-hydrogen) atoms. The molecule has 0 bridgehead atoms. The Labute approximate surface area is 358 Å². The van der Waals surface area contributed by atoms with Crippen molar-refractivity contribution < 1.29 is 57.1 Å². The van der Waals surface area contributed by atoms with Crippen LogP contribution in [0.25, 0.3) is 6.08 Å². The first-order valence-electron chi connectivity index (χ1n) is 21.2. The van der Waals surface area contributed by atoms with Gasteiger partial charge in [-0.15, -0.1) is 5.10 Å². The van der Waals surface area contributed by atoms with Crippen molar-refractivity contribution in [2.75, 3.05) is 39.3 Å². The number of carbonyl (C=O) groups is 5. The molecule has 0 saturated carbocycles. The van der Waals surface area contributed by atoms with Crippen LogP contribution in [-0.2, 0) is 54.0 Å². The minimum atomic E-state index is -1.42. The van der Waals surface area contributed by atoms with E-state index in [2.05, 4.69) is 52.4 Å². The van der Waals surface area contributed by atoms with E-state index in [4.69, 9.17) is 33.2 Å². The van der Waals surface area contributed by atoms with Gasteiger partial charge in [0.1, 0.15) is 18.3 Å². The quantitative estimate of drug-likeness (QED) is 0.172. The number of aromatic amines is 1. The number of carbonyl (C=O) groups excluding carboxylic acids is 5. The number of rotatable bonds is 14. The summed E-state index contributed by atoms with van der Waals surface area (Å²) in [5.41, 5.74) is 4.53. The largest absolute Gasteiger partial charge is 0.463 e. The van der Waals surface area contributed by atoms with Gasteiger partial charge in [-0.3, -0.25) is 24.3 Å². The normalized spacial score (nSPS) is 22.9. The highest BCUT2D eigenvalue weighted by Crippen LogP contribution is 2.41. The van der Waals surface area contributed by atoms with E-state index in [-0.39, 0.29) is 29.9 Å². The number of nitrogens with one attached hydrogen (secondary N) is 1. The molecule has 5 unspecified atom stereocenters. The average Bonchev–Trinajstić information content (AvgIpc) is 3.75. The minimum absolute atomic E-state index is 0.0216. The van der Waals surface area contributed by atoms with Gasteiger partial charge in [0.05, 0.1) is 0 Å². The van der Waals surface area contributed by atoms with E-state index >= 15 is 0 Å². The Kier molecular flexibility index (Phi) is 15.7. The maximum absolute atomic E-state index is 12.6. The summed E-state index contributed by atoms with van der Waals surface area (Å²) in [6.07, 6.45) is 2.03. The number of H-pyrrole nitrogens is 1. The number of nitrogens with zero attached hydrogens (tertiary/aromatic N) is 3. The molecule has 5 rings (SSSR count). The summed E-state index contributed by atoms with van der Waals surface area (Å²) in [6.45, 7) is 20.7. The molecule has 3 saturated heterocycles. The Morgan fingerprint density at radius 3 is 2.16 bits per heavy atom. The maximum Gasteiger partial charge on any atom is 0.410 e. The van der Waals surface area contributed by atoms with Crippen molar-refractivity contribution in [1.29, 1.82) is 0 Å². The zero-order chi connectivity index (χ0) is 44.6. The number of aryl methyl sites for hydroxylation is 1. The van der Waals surface area contributed by atoms with Crippen molar-refractivity contribution in [3.05, 3.63) is 52.2 Å². The number of esters is 4. The molecule has 3 aliphatic rings. The Balaban J connectivity index is 1.25. The van der Waals surface area contributed by atoms with Gasteiger partial charge in [0.15, 0.2) is 12.2 Å². The lowest BCUT2D eigenvalue weighted by Gasteiger charge is -2.43. The van der Waals surface area contributed by atoms with Crippen LogP contribution in [-0.4, -0.2) is 126 Å². The molecule has 3 fully saturated rings. The molecule has 16 nitrogen and oxygen atoms in total. The van der Waals surface area contributed by atoms with Gasteiger partial charge in [0.25, 0.3) is 0 Å². The van der Waals surface area contributed by atoms with Crippen molar-refractivity contribution in [3.63, 3.8) is 0 Å². The third-order valence-electron chi connectivity index (χ3n) is 11.3. The third kappa shape index (κ3) is 13.0. The van der Waals surface area contributed by atoms with E-state index in [0.29, 0.717) is 6.42 Å². The number of amides is 1. The van der Waals surface area contributed by atoms with Crippen LogP contribution < -0.4 is 4.74 Å². The number of ether oxygens (including phenoxy) is 7. The number of aromatic nitrogens is 2. The first-order valence-corrected chi connectivity index (χ1v) is 21.2. The van der Waals surface area contributed by atoms with Crippen molar-refractivity contribution in [1.82, 2.24) is 20.0 Å². The molecular weight excluding hydrogens is 789 g/mol. The van der Waals surface area contributed by atoms with Crippen molar-refractivity contribution in [2.45, 2.75) is 144 Å². The second-order valence-electron chi connectivity index (χ2n) is 17.8. The first kappa shape index (κ1) is 47.1. The standard InChI is InChI=1S/C45H64N4O12/c1-27(2)37-35(41(47-46-37)60-42-40(58-32(7)53)39(57-31(6)52)38(56-30(5)51)36(59-42)25-55-29(4)50)24-34-15-14-33(23-28(34)3)13-11-12-19-48-20-16-45(26-48)17-21-49(22-18-45)43(54)61-44(8,9)10/h11,13-15,23,27,36,38-40,42H,12,16-22,24-26H2,1-10H3,(H,46,47). The lowest BCUT2D eigenvalue weighted by Crippen LogP contribution is -2.63. The van der Waals surface area contributed by atoms with Crippen LogP contribution in [0.1, 0.15) is 122 Å². The summed E-state index contributed by atoms with van der Waals surface area (Å²) >= 11 is 0. The van der Waals surface area contributed by atoms with Crippen LogP contribution in [0.3, 0.4) is 0 Å². The SMILES string of the molecule is CC(=O)OCC1OC(Oc2n[nH]c(C(C)C)c2Cc2ccc(C=CCCN3CCC4(CCN(C(=O)OC(C)(C)C)CC4)C3)cc2C)C(OC(C)=O)C(OC(C)=O)C1OC(C)=O. The molecule has 16 heteroatoms. The zero-order valence-corrected chi connectivity index (χ0v) is 37.4. The summed E-state index contributed by atoms with van der Waals surface area (Å²) in [7, 11) is 0. The Morgan fingerprint density at radius 1 is 0.918 bits per heavy atom. The summed E-state index contributed by atoms with van der Waals surface area (Å²) in [6, 6.07) is 6.31. The van der Waals surface area contributed by atoms with E-state index in [1.807, 2.05) is 39.5 Å². The van der Waals surface area contributed by atoms with Crippen LogP contribution in [0.15, 0.2) is 24.3 Å². The lowest BCUT2D eigenvalue weighted by atomic mass is 9.78. The number of benzene rings is 1. The molecule has 5 atom stereocenters. The van der Waals surface area contributed by atoms with Crippen molar-refractivity contribution in [2.24, 2.45) is 5.41 Å². The predicted octanol–water partition coefficient (Wildman–Crippen LogP) is 6.02. The Hall–Kier alpha value is -4.96. The van der Waals surface area contributed by atoms with Crippen LogP contribution in [0.4, 0.5) is 4.79 Å². The van der Waals surface area contributed by atoms with Crippen LogP contribution in [0.5, 0.6) is 5.88 Å². The van der Waals surface area contributed by atoms with Crippen LogP contribution in [0.2, 0.25) is 0 Å². The fourth-order valence-corrected chi connectivity index (χ4v) is 8.31. The molecule has 1 aromatic carbocycles. The predicted molar refractivity (Wildman–Crippen MR) is 223 cm³/mol. The second-order valence-corrected chi connectivity index (χ2v) is 17.8. The van der Waals surface area contributed by atoms with Gasteiger partial charge in [-0.25, -0.2) is 4.79 Å². The van der Waals surface area contributed by atoms with Gasteiger partial charge in [0, 0.05) is 71.6 Å². The molecule has 1 amide bonds. The molecule has 4 heterocycles. The third-order valence-corrected chi connectivity index (χ3v) is 11.3.